The first-order chi connectivity index (χ1) is 18.9. The second kappa shape index (κ2) is 11.9. The number of rotatable bonds is 8. The van der Waals surface area contributed by atoms with E-state index in [0.29, 0.717) is 50.1 Å². The Hall–Kier alpha value is -3.91. The predicted molar refractivity (Wildman–Crippen MR) is 152 cm³/mol. The SMILES string of the molecule is CNc1ccc(CNC(=O)[C@@H]2C[C@@H](Cc3ccccc3F)CN2C(=O)[C@H]2C[C@@H](c3ccccc3)CN2)cc1N. The summed E-state index contributed by atoms with van der Waals surface area (Å²) in [7, 11) is 1.80. The minimum Gasteiger partial charge on any atom is -0.397 e. The fraction of sp³-hybridized carbons (Fsp3) is 0.355. The van der Waals surface area contributed by atoms with Gasteiger partial charge in [-0.2, -0.15) is 0 Å². The molecule has 2 fully saturated rings. The molecule has 8 heteroatoms. The van der Waals surface area contributed by atoms with Crippen LogP contribution in [0, 0.1) is 11.7 Å². The summed E-state index contributed by atoms with van der Waals surface area (Å²) in [6.07, 6.45) is 1.65. The van der Waals surface area contributed by atoms with Crippen LogP contribution in [0.3, 0.4) is 0 Å². The molecule has 39 heavy (non-hydrogen) atoms. The summed E-state index contributed by atoms with van der Waals surface area (Å²) in [4.78, 5) is 29.0. The Kier molecular flexibility index (Phi) is 8.12. The number of hydrogen-bond acceptors (Lipinski definition) is 5. The van der Waals surface area contributed by atoms with Gasteiger partial charge in [0.05, 0.1) is 17.4 Å². The highest BCUT2D eigenvalue weighted by atomic mass is 19.1. The molecule has 0 radical (unpaired) electrons. The fourth-order valence-corrected chi connectivity index (χ4v) is 5.90. The van der Waals surface area contributed by atoms with Gasteiger partial charge in [0.15, 0.2) is 0 Å². The summed E-state index contributed by atoms with van der Waals surface area (Å²) in [6.45, 7) is 1.44. The van der Waals surface area contributed by atoms with E-state index in [1.807, 2.05) is 42.5 Å². The van der Waals surface area contributed by atoms with E-state index in [4.69, 9.17) is 5.73 Å². The normalized spacial score (nSPS) is 22.6. The lowest BCUT2D eigenvalue weighted by molar-refractivity contribution is -0.139. The summed E-state index contributed by atoms with van der Waals surface area (Å²) in [6, 6.07) is 21.6. The number of carbonyl (C=O) groups is 2. The number of nitrogens with two attached hydrogens (primary N) is 1. The van der Waals surface area contributed by atoms with Gasteiger partial charge in [-0.05, 0) is 66.0 Å². The number of nitrogens with one attached hydrogen (secondary N) is 3. The van der Waals surface area contributed by atoms with Crippen molar-refractivity contribution in [3.05, 3.63) is 95.3 Å². The van der Waals surface area contributed by atoms with Gasteiger partial charge in [0, 0.05) is 26.7 Å². The molecule has 204 valence electrons. The largest absolute Gasteiger partial charge is 0.397 e. The van der Waals surface area contributed by atoms with E-state index in [1.165, 1.54) is 11.6 Å². The van der Waals surface area contributed by atoms with Gasteiger partial charge in [-0.1, -0.05) is 54.6 Å². The van der Waals surface area contributed by atoms with E-state index in [2.05, 4.69) is 28.1 Å². The topological polar surface area (TPSA) is 99.5 Å². The number of benzene rings is 3. The molecule has 7 nitrogen and oxygen atoms in total. The van der Waals surface area contributed by atoms with E-state index in [-0.39, 0.29) is 35.5 Å². The maximum Gasteiger partial charge on any atom is 0.243 e. The zero-order valence-corrected chi connectivity index (χ0v) is 22.2. The van der Waals surface area contributed by atoms with Crippen molar-refractivity contribution < 1.29 is 14.0 Å². The molecule has 0 aliphatic carbocycles. The van der Waals surface area contributed by atoms with Gasteiger partial charge in [0.25, 0.3) is 0 Å². The predicted octanol–water partition coefficient (Wildman–Crippen LogP) is 3.67. The van der Waals surface area contributed by atoms with Gasteiger partial charge in [-0.3, -0.25) is 9.59 Å². The summed E-state index contributed by atoms with van der Waals surface area (Å²) in [5, 5.41) is 9.43. The minimum absolute atomic E-state index is 0.0153. The summed E-state index contributed by atoms with van der Waals surface area (Å²) >= 11 is 0. The van der Waals surface area contributed by atoms with Crippen LogP contribution in [0.4, 0.5) is 15.8 Å². The molecule has 2 aliphatic heterocycles. The molecule has 0 spiro atoms. The van der Waals surface area contributed by atoms with Crippen molar-refractivity contribution in [3.63, 3.8) is 0 Å². The molecule has 3 aromatic carbocycles. The van der Waals surface area contributed by atoms with Crippen LogP contribution < -0.4 is 21.7 Å². The number of carbonyl (C=O) groups excluding carboxylic acids is 2. The standard InChI is InChI=1S/C31H36FN5O2/c1-34-27-12-11-20(14-26(27)33)17-36-30(38)29-15-21(13-23-9-5-6-10-25(23)32)19-37(29)31(39)28-16-24(18-35-28)22-7-3-2-4-8-22/h2-12,14,21,24,28-29,34-35H,13,15-19,33H2,1H3,(H,36,38)/t21-,24-,28-,29+/m1/s1. The zero-order valence-electron chi connectivity index (χ0n) is 22.2. The third-order valence-corrected chi connectivity index (χ3v) is 7.99. The Morgan fingerprint density at radius 1 is 1.05 bits per heavy atom. The number of hydrogen-bond donors (Lipinski definition) is 4. The Balaban J connectivity index is 1.29. The second-order valence-electron chi connectivity index (χ2n) is 10.6. The molecule has 2 saturated heterocycles. The van der Waals surface area contributed by atoms with Crippen LogP contribution >= 0.6 is 0 Å². The molecule has 0 aromatic heterocycles. The minimum atomic E-state index is -0.610. The highest BCUT2D eigenvalue weighted by Gasteiger charge is 2.43. The number of likely N-dealkylation sites (tertiary alicyclic amines) is 1. The molecule has 0 saturated carbocycles. The first-order valence-electron chi connectivity index (χ1n) is 13.6. The summed E-state index contributed by atoms with van der Waals surface area (Å²) in [5.74, 6) is -0.289. The van der Waals surface area contributed by atoms with Crippen molar-refractivity contribution in [2.24, 2.45) is 5.92 Å². The Bertz CT molecular complexity index is 1320. The number of anilines is 2. The van der Waals surface area contributed by atoms with Gasteiger partial charge < -0.3 is 26.6 Å². The molecule has 2 aliphatic rings. The second-order valence-corrected chi connectivity index (χ2v) is 10.6. The number of halogens is 1. The maximum absolute atomic E-state index is 14.4. The van der Waals surface area contributed by atoms with Gasteiger partial charge in [-0.25, -0.2) is 4.39 Å². The van der Waals surface area contributed by atoms with Crippen LogP contribution in [0.2, 0.25) is 0 Å². The molecule has 2 heterocycles. The van der Waals surface area contributed by atoms with Crippen LogP contribution in [-0.2, 0) is 22.6 Å². The van der Waals surface area contributed by atoms with Crippen LogP contribution in [0.15, 0.2) is 72.8 Å². The summed E-state index contributed by atoms with van der Waals surface area (Å²) in [5.41, 5.74) is 10.2. The van der Waals surface area contributed by atoms with Crippen LogP contribution in [-0.4, -0.2) is 48.9 Å². The van der Waals surface area contributed by atoms with Crippen molar-refractivity contribution >= 4 is 23.2 Å². The Labute approximate surface area is 229 Å². The lowest BCUT2D eigenvalue weighted by Gasteiger charge is -2.27. The van der Waals surface area contributed by atoms with Gasteiger partial charge in [0.2, 0.25) is 11.8 Å². The highest BCUT2D eigenvalue weighted by molar-refractivity contribution is 5.90. The molecule has 5 N–H and O–H groups in total. The molecule has 2 amide bonds. The molecular formula is C31H36FN5O2. The van der Waals surface area contributed by atoms with Crippen LogP contribution in [0.25, 0.3) is 0 Å². The number of nitrogens with zero attached hydrogens (tertiary/aromatic N) is 1. The molecule has 0 unspecified atom stereocenters. The van der Waals surface area contributed by atoms with Crippen molar-refractivity contribution in [1.82, 2.24) is 15.5 Å². The van der Waals surface area contributed by atoms with E-state index < -0.39 is 6.04 Å². The molecular weight excluding hydrogens is 493 g/mol. The lowest BCUT2D eigenvalue weighted by Crippen LogP contribution is -2.51. The molecule has 0 bridgehead atoms. The van der Waals surface area contributed by atoms with E-state index in [0.717, 1.165) is 11.3 Å². The number of nitrogen functional groups attached to an aromatic ring is 1. The molecule has 4 atom stereocenters. The smallest absolute Gasteiger partial charge is 0.243 e. The van der Waals surface area contributed by atoms with Gasteiger partial charge >= 0.3 is 0 Å². The average Bonchev–Trinajstić information content (AvgIpc) is 3.61. The average molecular weight is 530 g/mol. The fourth-order valence-electron chi connectivity index (χ4n) is 5.90. The van der Waals surface area contributed by atoms with Crippen LogP contribution in [0.1, 0.15) is 35.4 Å². The monoisotopic (exact) mass is 529 g/mol. The van der Waals surface area contributed by atoms with Crippen LogP contribution in [0.5, 0.6) is 0 Å². The first-order valence-corrected chi connectivity index (χ1v) is 13.6. The van der Waals surface area contributed by atoms with E-state index in [1.54, 1.807) is 24.1 Å². The molecule has 5 rings (SSSR count). The zero-order chi connectivity index (χ0) is 27.4. The van der Waals surface area contributed by atoms with Crippen molar-refractivity contribution in [3.8, 4) is 0 Å². The quantitative estimate of drug-likeness (QED) is 0.334. The van der Waals surface area contributed by atoms with Gasteiger partial charge in [0.1, 0.15) is 11.9 Å². The summed E-state index contributed by atoms with van der Waals surface area (Å²) < 4.78 is 14.4. The molecule has 3 aromatic rings. The number of amides is 2. The lowest BCUT2D eigenvalue weighted by atomic mass is 9.96. The Morgan fingerprint density at radius 3 is 2.56 bits per heavy atom. The van der Waals surface area contributed by atoms with Crippen molar-refractivity contribution in [2.45, 2.75) is 43.8 Å². The third kappa shape index (κ3) is 6.06. The van der Waals surface area contributed by atoms with Gasteiger partial charge in [-0.15, -0.1) is 0 Å². The highest BCUT2D eigenvalue weighted by Crippen LogP contribution is 2.32. The first kappa shape index (κ1) is 26.7. The third-order valence-electron chi connectivity index (χ3n) is 7.99. The van der Waals surface area contributed by atoms with Crippen molar-refractivity contribution in [2.75, 3.05) is 31.2 Å². The van der Waals surface area contributed by atoms with Crippen molar-refractivity contribution in [1.29, 1.82) is 0 Å². The maximum atomic E-state index is 14.4. The van der Waals surface area contributed by atoms with E-state index in [9.17, 15) is 14.0 Å². The van der Waals surface area contributed by atoms with E-state index >= 15 is 0 Å². The Morgan fingerprint density at radius 2 is 1.82 bits per heavy atom.